The van der Waals surface area contributed by atoms with Crippen molar-refractivity contribution in [1.82, 2.24) is 15.0 Å². The summed E-state index contributed by atoms with van der Waals surface area (Å²) in [6, 6.07) is 3.77. The Morgan fingerprint density at radius 2 is 2.11 bits per heavy atom. The molecule has 2 aromatic heterocycles. The van der Waals surface area contributed by atoms with Crippen LogP contribution in [0.3, 0.4) is 0 Å². The maximum absolute atomic E-state index is 5.83. The van der Waals surface area contributed by atoms with Gasteiger partial charge in [-0.2, -0.15) is 4.98 Å². The molecule has 19 heavy (non-hydrogen) atoms. The molecule has 0 radical (unpaired) electrons. The Labute approximate surface area is 113 Å². The van der Waals surface area contributed by atoms with Gasteiger partial charge in [-0.3, -0.25) is 0 Å². The van der Waals surface area contributed by atoms with Crippen molar-refractivity contribution in [2.24, 2.45) is 17.6 Å². The summed E-state index contributed by atoms with van der Waals surface area (Å²) in [6.45, 7) is 5.12. The summed E-state index contributed by atoms with van der Waals surface area (Å²) in [5.41, 5.74) is 7.48. The zero-order chi connectivity index (χ0) is 13.8. The van der Waals surface area contributed by atoms with E-state index < -0.39 is 0 Å². The summed E-state index contributed by atoms with van der Waals surface area (Å²) < 4.78 is 5.10. The molecule has 2 heterocycles. The van der Waals surface area contributed by atoms with Gasteiger partial charge < -0.3 is 15.5 Å². The molecule has 1 unspecified atom stereocenters. The minimum Gasteiger partial charge on any atom is -0.481 e. The van der Waals surface area contributed by atoms with Gasteiger partial charge >= 0.3 is 0 Å². The number of H-pyrrole nitrogens is 1. The third-order valence-corrected chi connectivity index (χ3v) is 3.20. The van der Waals surface area contributed by atoms with Gasteiger partial charge in [0.15, 0.2) is 5.65 Å². The van der Waals surface area contributed by atoms with Crippen LogP contribution in [-0.4, -0.2) is 28.6 Å². The van der Waals surface area contributed by atoms with Gasteiger partial charge in [-0.25, -0.2) is 4.98 Å². The second kappa shape index (κ2) is 6.02. The maximum Gasteiger partial charge on any atom is 0.215 e. The molecule has 0 aliphatic heterocycles. The quantitative estimate of drug-likeness (QED) is 0.836. The number of hydrogen-bond donors (Lipinski definition) is 2. The monoisotopic (exact) mass is 262 g/mol. The van der Waals surface area contributed by atoms with E-state index in [1.165, 1.54) is 0 Å². The SMILES string of the molecule is COc1ccc2[nH]c(CC(CN)CC(C)C)nc2n1. The van der Waals surface area contributed by atoms with E-state index in [1.54, 1.807) is 7.11 Å². The van der Waals surface area contributed by atoms with Crippen LogP contribution < -0.4 is 10.5 Å². The van der Waals surface area contributed by atoms with Crippen LogP contribution in [0.15, 0.2) is 12.1 Å². The van der Waals surface area contributed by atoms with Crippen LogP contribution in [0.5, 0.6) is 5.88 Å². The van der Waals surface area contributed by atoms with Gasteiger partial charge in [0.1, 0.15) is 5.82 Å². The molecule has 0 saturated carbocycles. The molecule has 0 amide bonds. The number of nitrogens with zero attached hydrogens (tertiary/aromatic N) is 2. The van der Waals surface area contributed by atoms with Crippen molar-refractivity contribution >= 4 is 11.2 Å². The minimum atomic E-state index is 0.461. The highest BCUT2D eigenvalue weighted by molar-refractivity contribution is 5.71. The number of hydrogen-bond acceptors (Lipinski definition) is 4. The summed E-state index contributed by atoms with van der Waals surface area (Å²) in [7, 11) is 1.61. The topological polar surface area (TPSA) is 76.8 Å². The van der Waals surface area contributed by atoms with Gasteiger partial charge in [0.05, 0.1) is 12.6 Å². The number of nitrogens with one attached hydrogen (secondary N) is 1. The fourth-order valence-corrected chi connectivity index (χ4v) is 2.34. The van der Waals surface area contributed by atoms with Crippen molar-refractivity contribution < 1.29 is 4.74 Å². The first-order valence-electron chi connectivity index (χ1n) is 6.72. The number of nitrogens with two attached hydrogens (primary N) is 1. The lowest BCUT2D eigenvalue weighted by atomic mass is 9.94. The largest absolute Gasteiger partial charge is 0.481 e. The smallest absolute Gasteiger partial charge is 0.215 e. The first-order valence-corrected chi connectivity index (χ1v) is 6.72. The highest BCUT2D eigenvalue weighted by Crippen LogP contribution is 2.18. The molecule has 0 saturated heterocycles. The van der Waals surface area contributed by atoms with Crippen molar-refractivity contribution in [2.75, 3.05) is 13.7 Å². The molecule has 0 spiro atoms. The van der Waals surface area contributed by atoms with E-state index in [2.05, 4.69) is 28.8 Å². The predicted octanol–water partition coefficient (Wildman–Crippen LogP) is 2.13. The molecule has 2 rings (SSSR count). The zero-order valence-electron chi connectivity index (χ0n) is 11.8. The second-order valence-corrected chi connectivity index (χ2v) is 5.34. The van der Waals surface area contributed by atoms with E-state index >= 15 is 0 Å². The van der Waals surface area contributed by atoms with E-state index in [0.717, 1.165) is 24.2 Å². The molecule has 5 nitrogen and oxygen atoms in total. The number of aromatic nitrogens is 3. The average Bonchev–Trinajstić information content (AvgIpc) is 2.78. The van der Waals surface area contributed by atoms with Gasteiger partial charge in [-0.1, -0.05) is 13.8 Å². The number of rotatable bonds is 6. The summed E-state index contributed by atoms with van der Waals surface area (Å²) >= 11 is 0. The van der Waals surface area contributed by atoms with Crippen molar-refractivity contribution in [1.29, 1.82) is 0 Å². The normalized spacial score (nSPS) is 13.1. The highest BCUT2D eigenvalue weighted by Gasteiger charge is 2.13. The van der Waals surface area contributed by atoms with Crippen LogP contribution in [0.1, 0.15) is 26.1 Å². The van der Waals surface area contributed by atoms with Crippen LogP contribution in [0.4, 0.5) is 0 Å². The lowest BCUT2D eigenvalue weighted by molar-refractivity contribution is 0.399. The van der Waals surface area contributed by atoms with Crippen LogP contribution in [0.25, 0.3) is 11.2 Å². The van der Waals surface area contributed by atoms with Crippen molar-refractivity contribution in [3.63, 3.8) is 0 Å². The maximum atomic E-state index is 5.83. The zero-order valence-corrected chi connectivity index (χ0v) is 11.8. The Hall–Kier alpha value is -1.62. The van der Waals surface area contributed by atoms with Gasteiger partial charge in [0.2, 0.25) is 5.88 Å². The van der Waals surface area contributed by atoms with Crippen molar-refractivity contribution in [3.05, 3.63) is 18.0 Å². The first-order chi connectivity index (χ1) is 9.12. The van der Waals surface area contributed by atoms with E-state index in [1.807, 2.05) is 12.1 Å². The number of methoxy groups -OCH3 is 1. The van der Waals surface area contributed by atoms with E-state index in [9.17, 15) is 0 Å². The molecular formula is C14H22N4O. The molecule has 5 heteroatoms. The molecule has 0 aliphatic carbocycles. The standard InChI is InChI=1S/C14H22N4O/c1-9(2)6-10(8-15)7-12-16-11-4-5-13(19-3)18-14(11)17-12/h4-5,9-10H,6-8,15H2,1-3H3,(H,16,17,18). The Bertz CT molecular complexity index is 535. The molecule has 0 aromatic carbocycles. The molecule has 0 fully saturated rings. The first kappa shape index (κ1) is 13.8. The van der Waals surface area contributed by atoms with Crippen LogP contribution >= 0.6 is 0 Å². The number of ether oxygens (including phenoxy) is 1. The molecule has 3 N–H and O–H groups in total. The summed E-state index contributed by atoms with van der Waals surface area (Å²) in [6.07, 6.45) is 1.98. The fraction of sp³-hybridized carbons (Fsp3) is 0.571. The Balaban J connectivity index is 2.16. The Morgan fingerprint density at radius 1 is 1.32 bits per heavy atom. The number of pyridine rings is 1. The predicted molar refractivity (Wildman–Crippen MR) is 76.1 cm³/mol. The third kappa shape index (κ3) is 3.44. The van der Waals surface area contributed by atoms with Crippen molar-refractivity contribution in [2.45, 2.75) is 26.7 Å². The molecule has 1 atom stereocenters. The third-order valence-electron chi connectivity index (χ3n) is 3.20. The number of aromatic amines is 1. The highest BCUT2D eigenvalue weighted by atomic mass is 16.5. The molecule has 0 bridgehead atoms. The van der Waals surface area contributed by atoms with Gasteiger partial charge in [0, 0.05) is 12.5 Å². The molecule has 104 valence electrons. The fourth-order valence-electron chi connectivity index (χ4n) is 2.34. The van der Waals surface area contributed by atoms with Crippen molar-refractivity contribution in [3.8, 4) is 5.88 Å². The number of fused-ring (bicyclic) bond motifs is 1. The molecular weight excluding hydrogens is 240 g/mol. The van der Waals surface area contributed by atoms with E-state index in [0.29, 0.717) is 29.9 Å². The Morgan fingerprint density at radius 3 is 2.74 bits per heavy atom. The molecule has 2 aromatic rings. The average molecular weight is 262 g/mol. The van der Waals surface area contributed by atoms with E-state index in [4.69, 9.17) is 10.5 Å². The second-order valence-electron chi connectivity index (χ2n) is 5.34. The van der Waals surface area contributed by atoms with Gasteiger partial charge in [0.25, 0.3) is 0 Å². The number of imidazole rings is 1. The van der Waals surface area contributed by atoms with E-state index in [-0.39, 0.29) is 0 Å². The van der Waals surface area contributed by atoms with Gasteiger partial charge in [-0.15, -0.1) is 0 Å². The summed E-state index contributed by atoms with van der Waals surface area (Å²) in [5.74, 6) is 2.65. The summed E-state index contributed by atoms with van der Waals surface area (Å²) in [5, 5.41) is 0. The minimum absolute atomic E-state index is 0.461. The Kier molecular flexibility index (Phi) is 4.37. The van der Waals surface area contributed by atoms with Crippen LogP contribution in [0.2, 0.25) is 0 Å². The van der Waals surface area contributed by atoms with Crippen LogP contribution in [0, 0.1) is 11.8 Å². The summed E-state index contributed by atoms with van der Waals surface area (Å²) in [4.78, 5) is 12.1. The van der Waals surface area contributed by atoms with Crippen LogP contribution in [-0.2, 0) is 6.42 Å². The van der Waals surface area contributed by atoms with Gasteiger partial charge in [-0.05, 0) is 30.9 Å². The molecule has 0 aliphatic rings. The lowest BCUT2D eigenvalue weighted by Crippen LogP contribution is -2.19. The lowest BCUT2D eigenvalue weighted by Gasteiger charge is -2.15.